The van der Waals surface area contributed by atoms with Crippen molar-refractivity contribution in [2.24, 2.45) is 0 Å². The number of carbonyl (C=O) groups is 1. The maximum atomic E-state index is 11.1. The fourth-order valence-electron chi connectivity index (χ4n) is 2.30. The van der Waals surface area contributed by atoms with Crippen LogP contribution in [0.25, 0.3) is 5.69 Å². The molecule has 1 aromatic carbocycles. The van der Waals surface area contributed by atoms with Gasteiger partial charge >= 0.3 is 0 Å². The topological polar surface area (TPSA) is 46.9 Å². The second-order valence-corrected chi connectivity index (χ2v) is 4.64. The van der Waals surface area contributed by atoms with Crippen molar-refractivity contribution in [3.8, 4) is 5.69 Å². The summed E-state index contributed by atoms with van der Waals surface area (Å²) in [4.78, 5) is 11.1. The predicted molar refractivity (Wildman–Crippen MR) is 68.4 cm³/mol. The van der Waals surface area contributed by atoms with Crippen LogP contribution in [0.1, 0.15) is 18.4 Å². The number of aromatic nitrogens is 2. The molecule has 3 rings (SSSR count). The van der Waals surface area contributed by atoms with Gasteiger partial charge in [0.25, 0.3) is 0 Å². The minimum absolute atomic E-state index is 0.162. The Morgan fingerprint density at radius 3 is 2.89 bits per heavy atom. The molecule has 0 aliphatic carbocycles. The average molecular weight is 241 g/mol. The molecule has 0 spiro atoms. The van der Waals surface area contributed by atoms with Crippen LogP contribution in [0.3, 0.4) is 0 Å². The largest absolute Gasteiger partial charge is 0.353 e. The molecule has 1 amide bonds. The lowest BCUT2D eigenvalue weighted by Crippen LogP contribution is -2.26. The van der Waals surface area contributed by atoms with Crippen LogP contribution in [-0.2, 0) is 11.2 Å². The van der Waals surface area contributed by atoms with E-state index < -0.39 is 0 Å². The molecule has 0 bridgehead atoms. The molecular formula is C14H15N3O. The van der Waals surface area contributed by atoms with E-state index in [0.717, 1.165) is 24.1 Å². The Kier molecular flexibility index (Phi) is 2.84. The summed E-state index contributed by atoms with van der Waals surface area (Å²) < 4.78 is 1.87. The highest BCUT2D eigenvalue weighted by Crippen LogP contribution is 2.14. The van der Waals surface area contributed by atoms with Gasteiger partial charge in [0.2, 0.25) is 5.91 Å². The molecule has 2 heterocycles. The monoisotopic (exact) mass is 241 g/mol. The summed E-state index contributed by atoms with van der Waals surface area (Å²) in [6.45, 7) is 0. The van der Waals surface area contributed by atoms with Crippen LogP contribution in [0.15, 0.2) is 42.7 Å². The van der Waals surface area contributed by atoms with E-state index in [4.69, 9.17) is 0 Å². The summed E-state index contributed by atoms with van der Waals surface area (Å²) in [5.74, 6) is 0.162. The van der Waals surface area contributed by atoms with E-state index in [1.54, 1.807) is 0 Å². The quantitative estimate of drug-likeness (QED) is 0.889. The van der Waals surface area contributed by atoms with Gasteiger partial charge in [0.15, 0.2) is 0 Å². The maximum Gasteiger partial charge on any atom is 0.220 e. The van der Waals surface area contributed by atoms with E-state index >= 15 is 0 Å². The van der Waals surface area contributed by atoms with Gasteiger partial charge in [0, 0.05) is 18.7 Å². The molecule has 2 aromatic rings. The second kappa shape index (κ2) is 4.64. The number of benzene rings is 1. The zero-order valence-electron chi connectivity index (χ0n) is 10.0. The summed E-state index contributed by atoms with van der Waals surface area (Å²) in [6.07, 6.45) is 6.34. The van der Waals surface area contributed by atoms with E-state index in [1.165, 1.54) is 0 Å². The van der Waals surface area contributed by atoms with Crippen molar-refractivity contribution in [1.82, 2.24) is 15.1 Å². The summed E-state index contributed by atoms with van der Waals surface area (Å²) in [7, 11) is 0. The van der Waals surface area contributed by atoms with E-state index in [1.807, 2.05) is 47.4 Å². The Morgan fingerprint density at radius 1 is 1.33 bits per heavy atom. The van der Waals surface area contributed by atoms with Crippen LogP contribution in [0.5, 0.6) is 0 Å². The maximum absolute atomic E-state index is 11.1. The molecule has 18 heavy (non-hydrogen) atoms. The summed E-state index contributed by atoms with van der Waals surface area (Å²) >= 11 is 0. The molecule has 4 nitrogen and oxygen atoms in total. The molecule has 1 aromatic heterocycles. The van der Waals surface area contributed by atoms with E-state index in [0.29, 0.717) is 6.42 Å². The van der Waals surface area contributed by atoms with Gasteiger partial charge in [-0.25, -0.2) is 4.68 Å². The molecule has 1 saturated heterocycles. The normalized spacial score (nSPS) is 18.9. The Morgan fingerprint density at radius 2 is 2.17 bits per heavy atom. The molecule has 0 radical (unpaired) electrons. The first-order valence-electron chi connectivity index (χ1n) is 6.19. The smallest absolute Gasteiger partial charge is 0.220 e. The molecule has 1 fully saturated rings. The van der Waals surface area contributed by atoms with Gasteiger partial charge in [-0.05, 0) is 30.5 Å². The van der Waals surface area contributed by atoms with Gasteiger partial charge in [0.1, 0.15) is 0 Å². The van der Waals surface area contributed by atoms with E-state index in [2.05, 4.69) is 10.4 Å². The molecule has 1 aliphatic rings. The first-order chi connectivity index (χ1) is 8.81. The summed E-state index contributed by atoms with van der Waals surface area (Å²) in [6, 6.07) is 10.3. The van der Waals surface area contributed by atoms with Gasteiger partial charge < -0.3 is 5.32 Å². The molecule has 0 saturated carbocycles. The molecule has 4 heteroatoms. The van der Waals surface area contributed by atoms with Crippen molar-refractivity contribution in [2.45, 2.75) is 25.3 Å². The van der Waals surface area contributed by atoms with Crippen molar-refractivity contribution >= 4 is 5.91 Å². The Balaban J connectivity index is 1.72. The van der Waals surface area contributed by atoms with E-state index in [9.17, 15) is 4.79 Å². The number of amides is 1. The van der Waals surface area contributed by atoms with Crippen molar-refractivity contribution < 1.29 is 4.79 Å². The molecule has 1 aliphatic heterocycles. The van der Waals surface area contributed by atoms with Crippen molar-refractivity contribution in [1.29, 1.82) is 0 Å². The van der Waals surface area contributed by atoms with Gasteiger partial charge in [-0.1, -0.05) is 18.2 Å². The molecule has 1 atom stereocenters. The number of para-hydroxylation sites is 1. The highest BCUT2D eigenvalue weighted by molar-refractivity contribution is 5.78. The zero-order chi connectivity index (χ0) is 12.4. The Hall–Kier alpha value is -2.10. The van der Waals surface area contributed by atoms with Crippen molar-refractivity contribution in [3.63, 3.8) is 0 Å². The van der Waals surface area contributed by atoms with Crippen molar-refractivity contribution in [2.75, 3.05) is 0 Å². The summed E-state index contributed by atoms with van der Waals surface area (Å²) in [5, 5.41) is 7.33. The van der Waals surface area contributed by atoms with Gasteiger partial charge in [-0.15, -0.1) is 0 Å². The highest BCUT2D eigenvalue weighted by Gasteiger charge is 2.21. The van der Waals surface area contributed by atoms with Crippen LogP contribution in [-0.4, -0.2) is 21.7 Å². The summed E-state index contributed by atoms with van der Waals surface area (Å²) in [5.41, 5.74) is 2.21. The Labute approximate surface area is 106 Å². The molecular weight excluding hydrogens is 226 g/mol. The third-order valence-corrected chi connectivity index (χ3v) is 3.22. The predicted octanol–water partition coefficient (Wildman–Crippen LogP) is 1.69. The van der Waals surface area contributed by atoms with Crippen LogP contribution in [0.2, 0.25) is 0 Å². The first-order valence-corrected chi connectivity index (χ1v) is 6.19. The lowest BCUT2D eigenvalue weighted by molar-refractivity contribution is -0.119. The fraction of sp³-hybridized carbons (Fsp3) is 0.286. The number of hydrogen-bond donors (Lipinski definition) is 1. The third-order valence-electron chi connectivity index (χ3n) is 3.22. The van der Waals surface area contributed by atoms with E-state index in [-0.39, 0.29) is 11.9 Å². The zero-order valence-corrected chi connectivity index (χ0v) is 10.0. The van der Waals surface area contributed by atoms with Crippen LogP contribution < -0.4 is 5.32 Å². The van der Waals surface area contributed by atoms with Crippen LogP contribution >= 0.6 is 0 Å². The van der Waals surface area contributed by atoms with Gasteiger partial charge in [-0.3, -0.25) is 4.79 Å². The highest BCUT2D eigenvalue weighted by atomic mass is 16.1. The lowest BCUT2D eigenvalue weighted by atomic mass is 10.1. The lowest BCUT2D eigenvalue weighted by Gasteiger charge is -2.07. The van der Waals surface area contributed by atoms with Crippen LogP contribution in [0, 0.1) is 0 Å². The minimum Gasteiger partial charge on any atom is -0.353 e. The fourth-order valence-corrected chi connectivity index (χ4v) is 2.30. The number of carbonyl (C=O) groups excluding carboxylic acids is 1. The first kappa shape index (κ1) is 11.0. The molecule has 1 N–H and O–H groups in total. The van der Waals surface area contributed by atoms with Gasteiger partial charge in [-0.2, -0.15) is 5.10 Å². The van der Waals surface area contributed by atoms with Crippen LogP contribution in [0.4, 0.5) is 0 Å². The second-order valence-electron chi connectivity index (χ2n) is 4.64. The standard InChI is InChI=1S/C14H15N3O/c18-14-7-6-12(16-14)8-11-9-15-17(10-11)13-4-2-1-3-5-13/h1-5,9-10,12H,6-8H2,(H,16,18). The number of rotatable bonds is 3. The third kappa shape index (κ3) is 2.27. The average Bonchev–Trinajstić information content (AvgIpc) is 3.01. The number of nitrogens with one attached hydrogen (secondary N) is 1. The number of nitrogens with zero attached hydrogens (tertiary/aromatic N) is 2. The van der Waals surface area contributed by atoms with Gasteiger partial charge in [0.05, 0.1) is 11.9 Å². The molecule has 92 valence electrons. The molecule has 1 unspecified atom stereocenters. The minimum atomic E-state index is 0.162. The SMILES string of the molecule is O=C1CCC(Cc2cnn(-c3ccccc3)c2)N1. The van der Waals surface area contributed by atoms with Crippen molar-refractivity contribution in [3.05, 3.63) is 48.3 Å². The Bertz CT molecular complexity index is 547. The number of hydrogen-bond acceptors (Lipinski definition) is 2.